The van der Waals surface area contributed by atoms with Crippen molar-refractivity contribution < 1.29 is 4.79 Å². The molecule has 1 atom stereocenters. The van der Waals surface area contributed by atoms with Gasteiger partial charge >= 0.3 is 0 Å². The first-order chi connectivity index (χ1) is 8.16. The normalized spacial score (nSPS) is 20.0. The maximum Gasteiger partial charge on any atom is 0.241 e. The zero-order valence-corrected chi connectivity index (χ0v) is 13.0. The average molecular weight is 409 g/mol. The molecule has 1 aromatic rings. The SMILES string of the molecule is O=C(Nc1cc(I)ccc1Br)C1CCCCN1. The summed E-state index contributed by atoms with van der Waals surface area (Å²) in [6.07, 6.45) is 3.21. The zero-order chi connectivity index (χ0) is 12.3. The van der Waals surface area contributed by atoms with Gasteiger partial charge in [-0.1, -0.05) is 6.42 Å². The van der Waals surface area contributed by atoms with Gasteiger partial charge in [-0.05, 0) is 76.1 Å². The van der Waals surface area contributed by atoms with Crippen LogP contribution in [0.25, 0.3) is 0 Å². The average Bonchev–Trinajstić information content (AvgIpc) is 2.35. The quantitative estimate of drug-likeness (QED) is 0.738. The summed E-state index contributed by atoms with van der Waals surface area (Å²) in [7, 11) is 0. The highest BCUT2D eigenvalue weighted by Gasteiger charge is 2.20. The number of hydrogen-bond acceptors (Lipinski definition) is 2. The Labute approximate surface area is 123 Å². The predicted octanol–water partition coefficient (Wildman–Crippen LogP) is 3.13. The largest absolute Gasteiger partial charge is 0.324 e. The molecule has 0 spiro atoms. The summed E-state index contributed by atoms with van der Waals surface area (Å²) in [5.41, 5.74) is 0.842. The van der Waals surface area contributed by atoms with E-state index in [2.05, 4.69) is 49.2 Å². The van der Waals surface area contributed by atoms with Gasteiger partial charge < -0.3 is 10.6 Å². The Hall–Kier alpha value is -0.140. The number of benzene rings is 1. The van der Waals surface area contributed by atoms with Crippen LogP contribution in [0.4, 0.5) is 5.69 Å². The molecule has 0 bridgehead atoms. The molecule has 2 rings (SSSR count). The molecule has 17 heavy (non-hydrogen) atoms. The van der Waals surface area contributed by atoms with E-state index in [1.807, 2.05) is 18.2 Å². The molecule has 1 heterocycles. The van der Waals surface area contributed by atoms with Crippen LogP contribution >= 0.6 is 38.5 Å². The Morgan fingerprint density at radius 1 is 1.47 bits per heavy atom. The second-order valence-corrected chi connectivity index (χ2v) is 6.22. The molecule has 2 N–H and O–H groups in total. The van der Waals surface area contributed by atoms with E-state index >= 15 is 0 Å². The molecule has 0 saturated carbocycles. The third-order valence-electron chi connectivity index (χ3n) is 2.81. The molecular weight excluding hydrogens is 395 g/mol. The zero-order valence-electron chi connectivity index (χ0n) is 9.30. The molecule has 1 amide bonds. The topological polar surface area (TPSA) is 41.1 Å². The summed E-state index contributed by atoms with van der Waals surface area (Å²) in [4.78, 5) is 12.0. The number of hydrogen-bond donors (Lipinski definition) is 2. The number of halogens is 2. The molecular formula is C12H14BrIN2O. The highest BCUT2D eigenvalue weighted by molar-refractivity contribution is 14.1. The fourth-order valence-corrected chi connectivity index (χ4v) is 2.73. The van der Waals surface area contributed by atoms with Gasteiger partial charge in [0.25, 0.3) is 0 Å². The lowest BCUT2D eigenvalue weighted by atomic mass is 10.0. The van der Waals surface area contributed by atoms with E-state index in [9.17, 15) is 4.79 Å². The molecule has 1 saturated heterocycles. The molecule has 3 nitrogen and oxygen atoms in total. The molecule has 92 valence electrons. The van der Waals surface area contributed by atoms with Crippen molar-refractivity contribution >= 4 is 50.1 Å². The number of anilines is 1. The highest BCUT2D eigenvalue weighted by Crippen LogP contribution is 2.24. The van der Waals surface area contributed by atoms with Crippen LogP contribution in [0, 0.1) is 3.57 Å². The molecule has 0 radical (unpaired) electrons. The van der Waals surface area contributed by atoms with E-state index in [-0.39, 0.29) is 11.9 Å². The van der Waals surface area contributed by atoms with Crippen LogP contribution in [0.3, 0.4) is 0 Å². The van der Waals surface area contributed by atoms with Crippen molar-refractivity contribution in [3.8, 4) is 0 Å². The number of rotatable bonds is 2. The predicted molar refractivity (Wildman–Crippen MR) is 81.1 cm³/mol. The van der Waals surface area contributed by atoms with E-state index < -0.39 is 0 Å². The lowest BCUT2D eigenvalue weighted by Crippen LogP contribution is -2.43. The third-order valence-corrected chi connectivity index (χ3v) is 4.18. The molecule has 0 aliphatic carbocycles. The number of amides is 1. The smallest absolute Gasteiger partial charge is 0.241 e. The van der Waals surface area contributed by atoms with Crippen molar-refractivity contribution in [3.05, 3.63) is 26.2 Å². The Balaban J connectivity index is 2.04. The van der Waals surface area contributed by atoms with Crippen LogP contribution in [0.15, 0.2) is 22.7 Å². The van der Waals surface area contributed by atoms with Crippen molar-refractivity contribution in [3.63, 3.8) is 0 Å². The fraction of sp³-hybridized carbons (Fsp3) is 0.417. The van der Waals surface area contributed by atoms with Crippen molar-refractivity contribution in [2.45, 2.75) is 25.3 Å². The summed E-state index contributed by atoms with van der Waals surface area (Å²) in [6, 6.07) is 5.87. The lowest BCUT2D eigenvalue weighted by molar-refractivity contribution is -0.118. The summed E-state index contributed by atoms with van der Waals surface area (Å²) in [5, 5.41) is 6.21. The summed E-state index contributed by atoms with van der Waals surface area (Å²) in [5.74, 6) is 0.0624. The summed E-state index contributed by atoms with van der Waals surface area (Å²) < 4.78 is 2.03. The first-order valence-corrected chi connectivity index (χ1v) is 7.53. The van der Waals surface area contributed by atoms with E-state index in [0.717, 1.165) is 39.5 Å². The summed E-state index contributed by atoms with van der Waals surface area (Å²) in [6.45, 7) is 0.936. The van der Waals surface area contributed by atoms with Gasteiger partial charge in [0.05, 0.1) is 11.7 Å². The van der Waals surface area contributed by atoms with Crippen LogP contribution in [-0.4, -0.2) is 18.5 Å². The number of carbonyl (C=O) groups is 1. The van der Waals surface area contributed by atoms with Gasteiger partial charge in [0.15, 0.2) is 0 Å². The van der Waals surface area contributed by atoms with Gasteiger partial charge in [-0.3, -0.25) is 4.79 Å². The first kappa shape index (κ1) is 13.3. The van der Waals surface area contributed by atoms with Crippen molar-refractivity contribution in [2.24, 2.45) is 0 Å². The Kier molecular flexibility index (Phi) is 4.81. The molecule has 0 aromatic heterocycles. The molecule has 1 aliphatic rings. The van der Waals surface area contributed by atoms with Crippen LogP contribution in [0.5, 0.6) is 0 Å². The van der Waals surface area contributed by atoms with E-state index in [1.165, 1.54) is 0 Å². The van der Waals surface area contributed by atoms with Crippen LogP contribution in [0.2, 0.25) is 0 Å². The second kappa shape index (κ2) is 6.15. The molecule has 1 unspecified atom stereocenters. The Bertz CT molecular complexity index is 419. The number of nitrogens with one attached hydrogen (secondary N) is 2. The first-order valence-electron chi connectivity index (χ1n) is 5.66. The van der Waals surface area contributed by atoms with Gasteiger partial charge in [-0.2, -0.15) is 0 Å². The van der Waals surface area contributed by atoms with E-state index in [1.54, 1.807) is 0 Å². The Morgan fingerprint density at radius 3 is 3.00 bits per heavy atom. The van der Waals surface area contributed by atoms with Gasteiger partial charge in [0, 0.05) is 8.04 Å². The molecule has 1 aliphatic heterocycles. The minimum absolute atomic E-state index is 0.0477. The van der Waals surface area contributed by atoms with E-state index in [0.29, 0.717) is 0 Å². The fourth-order valence-electron chi connectivity index (χ4n) is 1.89. The number of carbonyl (C=O) groups excluding carboxylic acids is 1. The van der Waals surface area contributed by atoms with Crippen molar-refractivity contribution in [2.75, 3.05) is 11.9 Å². The lowest BCUT2D eigenvalue weighted by Gasteiger charge is -2.22. The minimum Gasteiger partial charge on any atom is -0.324 e. The number of piperidine rings is 1. The highest BCUT2D eigenvalue weighted by atomic mass is 127. The third kappa shape index (κ3) is 3.66. The van der Waals surface area contributed by atoms with Gasteiger partial charge in [0.1, 0.15) is 0 Å². The molecule has 1 fully saturated rings. The summed E-state index contributed by atoms with van der Waals surface area (Å²) >= 11 is 5.68. The standard InChI is InChI=1S/C12H14BrIN2O/c13-9-5-4-8(14)7-11(9)16-12(17)10-3-1-2-6-15-10/h4-5,7,10,15H,1-3,6H2,(H,16,17). The van der Waals surface area contributed by atoms with Crippen molar-refractivity contribution in [1.82, 2.24) is 5.32 Å². The van der Waals surface area contributed by atoms with Gasteiger partial charge in [-0.25, -0.2) is 0 Å². The van der Waals surface area contributed by atoms with Gasteiger partial charge in [0.2, 0.25) is 5.91 Å². The molecule has 1 aromatic carbocycles. The monoisotopic (exact) mass is 408 g/mol. The minimum atomic E-state index is -0.0477. The second-order valence-electron chi connectivity index (χ2n) is 4.12. The molecule has 5 heteroatoms. The Morgan fingerprint density at radius 2 is 2.29 bits per heavy atom. The maximum absolute atomic E-state index is 12.0. The maximum atomic E-state index is 12.0. The van der Waals surface area contributed by atoms with E-state index in [4.69, 9.17) is 0 Å². The van der Waals surface area contributed by atoms with Gasteiger partial charge in [-0.15, -0.1) is 0 Å². The van der Waals surface area contributed by atoms with Crippen LogP contribution in [-0.2, 0) is 4.79 Å². The van der Waals surface area contributed by atoms with Crippen molar-refractivity contribution in [1.29, 1.82) is 0 Å². The van der Waals surface area contributed by atoms with Crippen LogP contribution in [0.1, 0.15) is 19.3 Å². The van der Waals surface area contributed by atoms with Crippen LogP contribution < -0.4 is 10.6 Å².